The van der Waals surface area contributed by atoms with Crippen LogP contribution in [0.4, 0.5) is 5.69 Å². The van der Waals surface area contributed by atoms with Gasteiger partial charge in [-0.1, -0.05) is 42.4 Å². The molecule has 2 heterocycles. The molecule has 38 heavy (non-hydrogen) atoms. The second-order valence-electron chi connectivity index (χ2n) is 9.97. The second kappa shape index (κ2) is 12.2. The van der Waals surface area contributed by atoms with E-state index in [9.17, 15) is 9.59 Å². The second-order valence-corrected chi connectivity index (χ2v) is 9.97. The lowest BCUT2D eigenvalue weighted by atomic mass is 10.0. The Hall–Kier alpha value is -3.69. The summed E-state index contributed by atoms with van der Waals surface area (Å²) in [5.74, 6) is 0.912. The Morgan fingerprint density at radius 3 is 2.61 bits per heavy atom. The number of rotatable bonds is 5. The third-order valence-electron chi connectivity index (χ3n) is 6.88. The highest BCUT2D eigenvalue weighted by Gasteiger charge is 2.29. The van der Waals surface area contributed by atoms with Crippen LogP contribution in [-0.4, -0.2) is 72.8 Å². The fourth-order valence-electron chi connectivity index (χ4n) is 4.69. The van der Waals surface area contributed by atoms with Crippen LogP contribution >= 0.6 is 0 Å². The molecule has 1 aliphatic heterocycles. The quantitative estimate of drug-likeness (QED) is 0.536. The Kier molecular flexibility index (Phi) is 8.81. The molecule has 0 radical (unpaired) electrons. The topological polar surface area (TPSA) is 97.1 Å². The highest BCUT2D eigenvalue weighted by Crippen LogP contribution is 2.27. The first kappa shape index (κ1) is 27.3. The van der Waals surface area contributed by atoms with Gasteiger partial charge in [-0.25, -0.2) is 0 Å². The minimum Gasteiger partial charge on any atom is -0.491 e. The number of aromatic nitrogens is 1. The van der Waals surface area contributed by atoms with Gasteiger partial charge in [-0.15, -0.1) is 0 Å². The van der Waals surface area contributed by atoms with Crippen LogP contribution in [0.5, 0.6) is 5.75 Å². The van der Waals surface area contributed by atoms with E-state index >= 15 is 0 Å². The molecule has 0 fully saturated rings. The largest absolute Gasteiger partial charge is 0.491 e. The SMILES string of the molecule is CO[C@@H]1CN(C)C(=O)c2cc(NC(C)=O)ccc2OC[C@@H](C)N(Cc2cc(-c3ccccc3)on2)C[C@H]1C. The first-order chi connectivity index (χ1) is 18.2. The number of nitrogens with one attached hydrogen (secondary N) is 1. The molecule has 2 amide bonds. The van der Waals surface area contributed by atoms with Gasteiger partial charge in [0.1, 0.15) is 12.4 Å². The molecule has 1 aliphatic rings. The highest BCUT2D eigenvalue weighted by molar-refractivity contribution is 5.99. The van der Waals surface area contributed by atoms with Gasteiger partial charge in [0.2, 0.25) is 5.91 Å². The number of benzene rings is 2. The molecule has 4 rings (SSSR count). The maximum Gasteiger partial charge on any atom is 0.257 e. The molecule has 1 N–H and O–H groups in total. The van der Waals surface area contributed by atoms with E-state index in [0.717, 1.165) is 17.0 Å². The standard InChI is InChI=1S/C29H36N4O5/c1-19-15-33(16-24-14-27(38-31-24)22-9-7-6-8-10-22)20(2)18-37-26-12-11-23(30-21(3)34)13-25(26)29(35)32(4)17-28(19)36-5/h6-14,19-20,28H,15-18H2,1-5H3,(H,30,34)/t19-,20-,28-/m1/s1. The normalized spacial score (nSPS) is 21.1. The maximum atomic E-state index is 13.4. The van der Waals surface area contributed by atoms with Gasteiger partial charge < -0.3 is 24.2 Å². The van der Waals surface area contributed by atoms with Crippen LogP contribution in [0.2, 0.25) is 0 Å². The lowest BCUT2D eigenvalue weighted by Crippen LogP contribution is -2.46. The van der Waals surface area contributed by atoms with Gasteiger partial charge in [0, 0.05) is 64.1 Å². The molecule has 202 valence electrons. The van der Waals surface area contributed by atoms with Gasteiger partial charge in [0.25, 0.3) is 5.91 Å². The summed E-state index contributed by atoms with van der Waals surface area (Å²) < 4.78 is 17.7. The van der Waals surface area contributed by atoms with Gasteiger partial charge >= 0.3 is 0 Å². The van der Waals surface area contributed by atoms with Crippen molar-refractivity contribution in [2.24, 2.45) is 5.92 Å². The van der Waals surface area contributed by atoms with E-state index in [0.29, 0.717) is 43.2 Å². The number of hydrogen-bond acceptors (Lipinski definition) is 7. The van der Waals surface area contributed by atoms with E-state index < -0.39 is 0 Å². The van der Waals surface area contributed by atoms with E-state index in [-0.39, 0.29) is 29.9 Å². The van der Waals surface area contributed by atoms with Crippen molar-refractivity contribution in [3.05, 3.63) is 65.9 Å². The van der Waals surface area contributed by atoms with Crippen LogP contribution in [0.15, 0.2) is 59.1 Å². The predicted molar refractivity (Wildman–Crippen MR) is 145 cm³/mol. The monoisotopic (exact) mass is 520 g/mol. The van der Waals surface area contributed by atoms with Crippen LogP contribution in [0.1, 0.15) is 36.8 Å². The van der Waals surface area contributed by atoms with Crippen molar-refractivity contribution in [2.45, 2.75) is 39.5 Å². The summed E-state index contributed by atoms with van der Waals surface area (Å²) in [7, 11) is 3.43. The van der Waals surface area contributed by atoms with E-state index in [4.69, 9.17) is 14.0 Å². The van der Waals surface area contributed by atoms with Crippen molar-refractivity contribution < 1.29 is 23.6 Å². The number of methoxy groups -OCH3 is 1. The fraction of sp³-hybridized carbons (Fsp3) is 0.414. The maximum absolute atomic E-state index is 13.4. The summed E-state index contributed by atoms with van der Waals surface area (Å²) in [6, 6.07) is 17.0. The molecular weight excluding hydrogens is 484 g/mol. The van der Waals surface area contributed by atoms with Crippen molar-refractivity contribution in [2.75, 3.05) is 39.2 Å². The minimum absolute atomic E-state index is 0.00182. The highest BCUT2D eigenvalue weighted by atomic mass is 16.5. The third-order valence-corrected chi connectivity index (χ3v) is 6.88. The van der Waals surface area contributed by atoms with E-state index in [1.807, 2.05) is 36.4 Å². The number of nitrogens with zero attached hydrogens (tertiary/aromatic N) is 3. The minimum atomic E-state index is -0.208. The zero-order valence-electron chi connectivity index (χ0n) is 22.6. The molecule has 0 bridgehead atoms. The Labute approximate surface area is 223 Å². The molecule has 9 heteroatoms. The number of carbonyl (C=O) groups excluding carboxylic acids is 2. The molecule has 0 aliphatic carbocycles. The molecule has 0 saturated heterocycles. The third kappa shape index (κ3) is 6.59. The van der Waals surface area contributed by atoms with Gasteiger partial charge in [-0.05, 0) is 31.0 Å². The number of carbonyl (C=O) groups is 2. The molecule has 3 aromatic rings. The van der Waals surface area contributed by atoms with Gasteiger partial charge in [-0.2, -0.15) is 0 Å². The summed E-state index contributed by atoms with van der Waals surface area (Å²) in [6.07, 6.45) is -0.182. The summed E-state index contributed by atoms with van der Waals surface area (Å²) >= 11 is 0. The average Bonchev–Trinajstić information content (AvgIpc) is 3.38. The van der Waals surface area contributed by atoms with Crippen molar-refractivity contribution in [1.29, 1.82) is 0 Å². The van der Waals surface area contributed by atoms with Gasteiger partial charge in [-0.3, -0.25) is 14.5 Å². The summed E-state index contributed by atoms with van der Waals surface area (Å²) in [6.45, 7) is 7.71. The van der Waals surface area contributed by atoms with Crippen molar-refractivity contribution in [3.8, 4) is 17.1 Å². The summed E-state index contributed by atoms with van der Waals surface area (Å²) in [5.41, 5.74) is 2.74. The van der Waals surface area contributed by atoms with Gasteiger partial charge in [0.15, 0.2) is 5.76 Å². The van der Waals surface area contributed by atoms with Crippen molar-refractivity contribution in [1.82, 2.24) is 15.0 Å². The number of anilines is 1. The molecule has 0 saturated carbocycles. The van der Waals surface area contributed by atoms with E-state index in [1.165, 1.54) is 6.92 Å². The lowest BCUT2D eigenvalue weighted by Gasteiger charge is -2.35. The molecule has 0 unspecified atom stereocenters. The van der Waals surface area contributed by atoms with Crippen LogP contribution in [0.3, 0.4) is 0 Å². The van der Waals surface area contributed by atoms with Crippen LogP contribution < -0.4 is 10.1 Å². The first-order valence-corrected chi connectivity index (χ1v) is 12.8. The Balaban J connectivity index is 1.61. The number of amides is 2. The number of ether oxygens (including phenoxy) is 2. The van der Waals surface area contributed by atoms with Crippen LogP contribution in [-0.2, 0) is 16.1 Å². The van der Waals surface area contributed by atoms with Crippen molar-refractivity contribution >= 4 is 17.5 Å². The molecule has 1 aromatic heterocycles. The van der Waals surface area contributed by atoms with Gasteiger partial charge in [0.05, 0.1) is 17.4 Å². The van der Waals surface area contributed by atoms with Crippen LogP contribution in [0.25, 0.3) is 11.3 Å². The first-order valence-electron chi connectivity index (χ1n) is 12.8. The van der Waals surface area contributed by atoms with E-state index in [1.54, 1.807) is 37.3 Å². The molecule has 0 spiro atoms. The predicted octanol–water partition coefficient (Wildman–Crippen LogP) is 4.31. The zero-order valence-corrected chi connectivity index (χ0v) is 22.6. The Morgan fingerprint density at radius 1 is 1.13 bits per heavy atom. The molecular formula is C29H36N4O5. The van der Waals surface area contributed by atoms with Crippen molar-refractivity contribution in [3.63, 3.8) is 0 Å². The van der Waals surface area contributed by atoms with Crippen LogP contribution in [0, 0.1) is 5.92 Å². The number of likely N-dealkylation sites (N-methyl/N-ethyl adjacent to an activating group) is 1. The molecule has 2 aromatic carbocycles. The number of hydrogen-bond donors (Lipinski definition) is 1. The molecule has 3 atom stereocenters. The molecule has 9 nitrogen and oxygen atoms in total. The summed E-state index contributed by atoms with van der Waals surface area (Å²) in [5, 5.41) is 7.08. The Bertz CT molecular complexity index is 1240. The lowest BCUT2D eigenvalue weighted by molar-refractivity contribution is -0.114. The average molecular weight is 521 g/mol. The zero-order chi connectivity index (χ0) is 27.2. The summed E-state index contributed by atoms with van der Waals surface area (Å²) in [4.78, 5) is 29.0. The smallest absolute Gasteiger partial charge is 0.257 e. The van der Waals surface area contributed by atoms with E-state index in [2.05, 4.69) is 29.2 Å². The Morgan fingerprint density at radius 2 is 1.89 bits per heavy atom. The number of fused-ring (bicyclic) bond motifs is 1. The fourth-order valence-corrected chi connectivity index (χ4v) is 4.69.